The Morgan fingerprint density at radius 1 is 1.44 bits per heavy atom. The van der Waals surface area contributed by atoms with Crippen molar-refractivity contribution in [2.24, 2.45) is 7.05 Å². The second-order valence-electron chi connectivity index (χ2n) is 5.52. The average molecular weight is 398 g/mol. The first-order valence-corrected chi connectivity index (χ1v) is 9.16. The van der Waals surface area contributed by atoms with Crippen LogP contribution in [0, 0.1) is 11.3 Å². The Hall–Kier alpha value is -3.49. The molecule has 27 heavy (non-hydrogen) atoms. The van der Waals surface area contributed by atoms with Crippen molar-refractivity contribution in [3.8, 4) is 22.5 Å². The fraction of sp³-hybridized carbons (Fsp3) is 0.0625. The van der Waals surface area contributed by atoms with Crippen molar-refractivity contribution in [3.63, 3.8) is 0 Å². The number of rotatable bonds is 3. The van der Waals surface area contributed by atoms with Gasteiger partial charge in [-0.15, -0.1) is 22.7 Å². The lowest BCUT2D eigenvalue weighted by atomic mass is 10.0. The van der Waals surface area contributed by atoms with E-state index in [4.69, 9.17) is 11.5 Å². The van der Waals surface area contributed by atoms with Gasteiger partial charge in [-0.25, -0.2) is 4.98 Å². The van der Waals surface area contributed by atoms with Crippen molar-refractivity contribution in [2.45, 2.75) is 0 Å². The zero-order valence-electron chi connectivity index (χ0n) is 13.7. The molecule has 11 heteroatoms. The van der Waals surface area contributed by atoms with E-state index in [0.29, 0.717) is 15.8 Å². The molecule has 4 rings (SSSR count). The van der Waals surface area contributed by atoms with Gasteiger partial charge in [0.2, 0.25) is 0 Å². The van der Waals surface area contributed by atoms with Crippen LogP contribution in [0.2, 0.25) is 0 Å². The molecule has 0 amide bonds. The SMILES string of the molecule is C[n+]1noc([O-])c1C(=O)c1sc2nc(N)c(C#N)c(-c3cccs3)c2c1N. The minimum Gasteiger partial charge on any atom is -0.539 e. The second kappa shape index (κ2) is 6.04. The fourth-order valence-corrected chi connectivity index (χ4v) is 4.62. The van der Waals surface area contributed by atoms with Crippen molar-refractivity contribution in [1.82, 2.24) is 10.3 Å². The van der Waals surface area contributed by atoms with Gasteiger partial charge in [-0.2, -0.15) is 5.26 Å². The normalized spacial score (nSPS) is 11.0. The molecule has 0 radical (unpaired) electrons. The van der Waals surface area contributed by atoms with Gasteiger partial charge in [0.05, 0.1) is 11.0 Å². The van der Waals surface area contributed by atoms with Gasteiger partial charge < -0.3 is 21.1 Å². The number of thiophene rings is 2. The number of nitrogens with zero attached hydrogens (tertiary/aromatic N) is 4. The smallest absolute Gasteiger partial charge is 0.305 e. The minimum atomic E-state index is -0.858. The summed E-state index contributed by atoms with van der Waals surface area (Å²) in [4.78, 5) is 18.4. The third-order valence-electron chi connectivity index (χ3n) is 3.97. The molecule has 0 aliphatic rings. The maximum atomic E-state index is 12.9. The molecule has 0 bridgehead atoms. The molecular formula is C16H10N6O3S2. The van der Waals surface area contributed by atoms with Gasteiger partial charge in [0.25, 0.3) is 5.78 Å². The van der Waals surface area contributed by atoms with Crippen LogP contribution in [0.4, 0.5) is 11.5 Å². The second-order valence-corrected chi connectivity index (χ2v) is 7.47. The van der Waals surface area contributed by atoms with Crippen LogP contribution in [0.3, 0.4) is 0 Å². The molecule has 0 aromatic carbocycles. The highest BCUT2D eigenvalue weighted by Crippen LogP contribution is 2.44. The van der Waals surface area contributed by atoms with Crippen molar-refractivity contribution in [2.75, 3.05) is 11.5 Å². The van der Waals surface area contributed by atoms with Gasteiger partial charge >= 0.3 is 5.69 Å². The summed E-state index contributed by atoms with van der Waals surface area (Å²) in [6.07, 6.45) is 0. The molecular weight excluding hydrogens is 388 g/mol. The molecule has 0 aliphatic carbocycles. The molecule has 4 N–H and O–H groups in total. The van der Waals surface area contributed by atoms with Gasteiger partial charge in [-0.05, 0) is 11.4 Å². The van der Waals surface area contributed by atoms with E-state index in [9.17, 15) is 15.2 Å². The number of hydrogen-bond acceptors (Lipinski definition) is 10. The van der Waals surface area contributed by atoms with E-state index in [0.717, 1.165) is 20.9 Å². The highest BCUT2D eigenvalue weighted by molar-refractivity contribution is 7.21. The van der Waals surface area contributed by atoms with Crippen LogP contribution in [0.5, 0.6) is 5.95 Å². The van der Waals surface area contributed by atoms with Crippen molar-refractivity contribution >= 4 is 50.2 Å². The Balaban J connectivity index is 2.05. The van der Waals surface area contributed by atoms with Gasteiger partial charge in [0.15, 0.2) is 13.0 Å². The summed E-state index contributed by atoms with van der Waals surface area (Å²) in [7, 11) is 1.42. The van der Waals surface area contributed by atoms with Crippen LogP contribution in [0.1, 0.15) is 20.9 Å². The first-order valence-electron chi connectivity index (χ1n) is 7.47. The Kier molecular flexibility index (Phi) is 3.79. The number of aryl methyl sites for hydroxylation is 1. The van der Waals surface area contributed by atoms with Gasteiger partial charge in [-0.1, -0.05) is 10.7 Å². The average Bonchev–Trinajstić information content (AvgIpc) is 3.34. The summed E-state index contributed by atoms with van der Waals surface area (Å²) in [5, 5.41) is 27.1. The minimum absolute atomic E-state index is 0.0497. The first kappa shape index (κ1) is 17.0. The van der Waals surface area contributed by atoms with E-state index in [1.165, 1.54) is 18.4 Å². The lowest BCUT2D eigenvalue weighted by molar-refractivity contribution is -0.741. The predicted octanol–water partition coefficient (Wildman–Crippen LogP) is 1.18. The largest absolute Gasteiger partial charge is 0.539 e. The molecule has 0 saturated heterocycles. The van der Waals surface area contributed by atoms with Crippen LogP contribution in [0.15, 0.2) is 22.0 Å². The molecule has 4 heterocycles. The van der Waals surface area contributed by atoms with Crippen molar-refractivity contribution in [1.29, 1.82) is 5.26 Å². The highest BCUT2D eigenvalue weighted by Gasteiger charge is 2.31. The molecule has 0 unspecified atom stereocenters. The van der Waals surface area contributed by atoms with E-state index < -0.39 is 11.7 Å². The number of nitriles is 1. The number of carbonyl (C=O) groups excluding carboxylic acids is 1. The fourth-order valence-electron chi connectivity index (χ4n) is 2.78. The number of nitrogens with two attached hydrogens (primary N) is 2. The molecule has 4 aromatic heterocycles. The molecule has 0 aliphatic heterocycles. The monoisotopic (exact) mass is 398 g/mol. The number of anilines is 2. The summed E-state index contributed by atoms with van der Waals surface area (Å²) < 4.78 is 5.57. The van der Waals surface area contributed by atoms with Crippen LogP contribution in [0.25, 0.3) is 20.7 Å². The summed E-state index contributed by atoms with van der Waals surface area (Å²) in [5.74, 6) is -1.44. The Morgan fingerprint density at radius 2 is 2.22 bits per heavy atom. The van der Waals surface area contributed by atoms with E-state index in [1.54, 1.807) is 0 Å². The maximum absolute atomic E-state index is 12.9. The van der Waals surface area contributed by atoms with Crippen LogP contribution < -0.4 is 21.3 Å². The number of fused-ring (bicyclic) bond motifs is 1. The molecule has 4 aromatic rings. The number of carbonyl (C=O) groups is 1. The third-order valence-corrected chi connectivity index (χ3v) is 5.95. The number of aromatic nitrogens is 3. The van der Waals surface area contributed by atoms with E-state index in [-0.39, 0.29) is 27.6 Å². The number of nitrogen functional groups attached to an aromatic ring is 2. The molecule has 0 saturated carbocycles. The summed E-state index contributed by atoms with van der Waals surface area (Å²) >= 11 is 2.41. The standard InChI is InChI=1S/C16H10N6O3S2/c1-22-11(16(24)25-21-22)12(23)13-10(18)9-8(7-3-2-4-26-7)6(5-17)14(19)20-15(9)27-13/h2-4H,1H3,(H4-,18,19,20,21,23,24). The summed E-state index contributed by atoms with van der Waals surface area (Å²) in [5.41, 5.74) is 12.8. The zero-order chi connectivity index (χ0) is 19.3. The molecule has 0 atom stereocenters. The van der Waals surface area contributed by atoms with Crippen LogP contribution >= 0.6 is 22.7 Å². The lowest BCUT2D eigenvalue weighted by Crippen LogP contribution is -2.37. The van der Waals surface area contributed by atoms with E-state index >= 15 is 0 Å². The van der Waals surface area contributed by atoms with E-state index in [1.807, 2.05) is 17.5 Å². The number of hydrogen-bond donors (Lipinski definition) is 2. The third kappa shape index (κ3) is 2.42. The molecule has 0 spiro atoms. The van der Waals surface area contributed by atoms with Gasteiger partial charge in [-0.3, -0.25) is 4.79 Å². The van der Waals surface area contributed by atoms with Gasteiger partial charge in [0, 0.05) is 15.8 Å². The zero-order valence-corrected chi connectivity index (χ0v) is 15.3. The maximum Gasteiger partial charge on any atom is 0.305 e. The molecule has 0 fully saturated rings. The van der Waals surface area contributed by atoms with E-state index in [2.05, 4.69) is 20.8 Å². The predicted molar refractivity (Wildman–Crippen MR) is 97.0 cm³/mol. The first-order chi connectivity index (χ1) is 12.9. The Bertz CT molecular complexity index is 1230. The van der Waals surface area contributed by atoms with Crippen LogP contribution in [-0.4, -0.2) is 16.0 Å². The topological polar surface area (TPSA) is 159 Å². The number of pyridine rings is 1. The lowest BCUT2D eigenvalue weighted by Gasteiger charge is -2.07. The van der Waals surface area contributed by atoms with Crippen molar-refractivity contribution in [3.05, 3.63) is 33.6 Å². The van der Waals surface area contributed by atoms with Gasteiger partial charge in [0.1, 0.15) is 27.2 Å². The molecule has 134 valence electrons. The molecule has 9 nitrogen and oxygen atoms in total. The van der Waals surface area contributed by atoms with Crippen molar-refractivity contribution < 1.29 is 19.1 Å². The highest BCUT2D eigenvalue weighted by atomic mass is 32.1. The van der Waals surface area contributed by atoms with Crippen LogP contribution in [-0.2, 0) is 7.05 Å². The quantitative estimate of drug-likeness (QED) is 0.384. The Morgan fingerprint density at radius 3 is 2.81 bits per heavy atom. The Labute approximate surface area is 159 Å². The summed E-state index contributed by atoms with van der Waals surface area (Å²) in [6.45, 7) is 0. The summed E-state index contributed by atoms with van der Waals surface area (Å²) in [6, 6.07) is 5.72. The number of ketones is 1.